The van der Waals surface area contributed by atoms with Crippen molar-refractivity contribution < 1.29 is 9.69 Å². The van der Waals surface area contributed by atoms with Crippen LogP contribution in [0.3, 0.4) is 0 Å². The number of carbonyl (C=O) groups excluding carboxylic acids is 1. The summed E-state index contributed by atoms with van der Waals surface area (Å²) >= 11 is 0. The maximum absolute atomic E-state index is 12.8. The third-order valence-corrected chi connectivity index (χ3v) is 5.24. The fourth-order valence-electron chi connectivity index (χ4n) is 3.42. The van der Waals surface area contributed by atoms with Gasteiger partial charge >= 0.3 is 5.69 Å². The van der Waals surface area contributed by atoms with Crippen molar-refractivity contribution in [3.05, 3.63) is 92.6 Å². The second kappa shape index (κ2) is 9.90. The quantitative estimate of drug-likeness (QED) is 0.471. The highest BCUT2D eigenvalue weighted by Gasteiger charge is 2.23. The van der Waals surface area contributed by atoms with Crippen LogP contribution < -0.4 is 26.8 Å². The Balaban J connectivity index is 1.74. The summed E-state index contributed by atoms with van der Waals surface area (Å²) in [4.78, 5) is 42.1. The summed E-state index contributed by atoms with van der Waals surface area (Å²) in [6.45, 7) is 1.16. The van der Waals surface area contributed by atoms with Crippen molar-refractivity contribution in [3.8, 4) is 0 Å². The van der Waals surface area contributed by atoms with E-state index >= 15 is 0 Å². The molecular formula is C23H28N5O3+. The number of aromatic nitrogens is 2. The molecule has 4 N–H and O–H groups in total. The van der Waals surface area contributed by atoms with Crippen molar-refractivity contribution in [2.75, 3.05) is 37.8 Å². The smallest absolute Gasteiger partial charge is 0.330 e. The van der Waals surface area contributed by atoms with Gasteiger partial charge in [-0.3, -0.25) is 19.1 Å². The molecule has 1 aromatic heterocycles. The number of anilines is 2. The highest BCUT2D eigenvalue weighted by Crippen LogP contribution is 2.16. The molecule has 0 radical (unpaired) electrons. The zero-order valence-corrected chi connectivity index (χ0v) is 17.8. The molecule has 162 valence electrons. The Morgan fingerprint density at radius 2 is 1.61 bits per heavy atom. The number of hydrogen-bond acceptors (Lipinski definition) is 4. The van der Waals surface area contributed by atoms with Gasteiger partial charge in [-0.15, -0.1) is 0 Å². The summed E-state index contributed by atoms with van der Waals surface area (Å²) in [5, 5.41) is 0. The van der Waals surface area contributed by atoms with Crippen LogP contribution >= 0.6 is 0 Å². The molecule has 31 heavy (non-hydrogen) atoms. The van der Waals surface area contributed by atoms with Gasteiger partial charge in [0, 0.05) is 13.5 Å². The number of nitrogen functional groups attached to an aromatic ring is 1. The average Bonchev–Trinajstić information content (AvgIpc) is 2.76. The third-order valence-electron chi connectivity index (χ3n) is 5.24. The van der Waals surface area contributed by atoms with Crippen molar-refractivity contribution >= 4 is 17.4 Å². The van der Waals surface area contributed by atoms with Crippen LogP contribution in [0.5, 0.6) is 0 Å². The van der Waals surface area contributed by atoms with E-state index in [0.717, 1.165) is 23.4 Å². The summed E-state index contributed by atoms with van der Waals surface area (Å²) in [5.41, 5.74) is 6.94. The number of benzene rings is 2. The average molecular weight is 423 g/mol. The van der Waals surface area contributed by atoms with Gasteiger partial charge in [-0.1, -0.05) is 60.7 Å². The summed E-state index contributed by atoms with van der Waals surface area (Å²) in [5.74, 6) is -0.289. The molecule has 3 rings (SSSR count). The van der Waals surface area contributed by atoms with E-state index in [1.807, 2.05) is 55.6 Å². The topological polar surface area (TPSA) is 106 Å². The van der Waals surface area contributed by atoms with Gasteiger partial charge in [-0.25, -0.2) is 4.79 Å². The highest BCUT2D eigenvalue weighted by atomic mass is 16.2. The lowest BCUT2D eigenvalue weighted by Crippen LogP contribution is -3.10. The third kappa shape index (κ3) is 5.49. The minimum absolute atomic E-state index is 0.0172. The van der Waals surface area contributed by atoms with E-state index in [2.05, 4.69) is 17.1 Å². The highest BCUT2D eigenvalue weighted by molar-refractivity contribution is 5.95. The molecule has 0 aliphatic rings. The van der Waals surface area contributed by atoms with Gasteiger partial charge in [0.15, 0.2) is 12.2 Å². The number of nitrogens with two attached hydrogens (primary N) is 1. The van der Waals surface area contributed by atoms with Gasteiger partial charge in [0.25, 0.3) is 11.5 Å². The van der Waals surface area contributed by atoms with Gasteiger partial charge in [0.05, 0.1) is 20.1 Å². The molecule has 0 bridgehead atoms. The molecule has 0 saturated carbocycles. The first-order valence-electron chi connectivity index (χ1n) is 10.1. The number of hydrogen-bond donors (Lipinski definition) is 3. The Bertz CT molecular complexity index is 1140. The second-order valence-corrected chi connectivity index (χ2v) is 7.64. The first kappa shape index (κ1) is 22.0. The van der Waals surface area contributed by atoms with E-state index in [0.29, 0.717) is 0 Å². The molecule has 8 heteroatoms. The number of H-pyrrole nitrogens is 1. The molecule has 8 nitrogen and oxygen atoms in total. The van der Waals surface area contributed by atoms with Crippen LogP contribution in [0.25, 0.3) is 0 Å². The van der Waals surface area contributed by atoms with Crippen molar-refractivity contribution in [2.24, 2.45) is 0 Å². The van der Waals surface area contributed by atoms with Crippen LogP contribution in [-0.2, 0) is 17.8 Å². The Morgan fingerprint density at radius 1 is 1.03 bits per heavy atom. The molecule has 0 fully saturated rings. The molecule has 0 spiro atoms. The van der Waals surface area contributed by atoms with Crippen LogP contribution in [-0.4, -0.2) is 42.6 Å². The Morgan fingerprint density at radius 3 is 2.23 bits per heavy atom. The van der Waals surface area contributed by atoms with Crippen molar-refractivity contribution in [2.45, 2.75) is 13.0 Å². The van der Waals surface area contributed by atoms with E-state index in [4.69, 9.17) is 5.73 Å². The van der Waals surface area contributed by atoms with Crippen molar-refractivity contribution in [1.82, 2.24) is 9.55 Å². The van der Waals surface area contributed by atoms with Crippen LogP contribution in [0.4, 0.5) is 11.5 Å². The van der Waals surface area contributed by atoms with Gasteiger partial charge in [0.2, 0.25) is 0 Å². The fourth-order valence-corrected chi connectivity index (χ4v) is 3.42. The molecule has 0 saturated heterocycles. The summed E-state index contributed by atoms with van der Waals surface area (Å²) in [7, 11) is 3.43. The number of rotatable bonds is 8. The lowest BCUT2D eigenvalue weighted by Gasteiger charge is -2.22. The Hall–Kier alpha value is -3.65. The van der Waals surface area contributed by atoms with E-state index in [1.54, 1.807) is 0 Å². The van der Waals surface area contributed by atoms with Gasteiger partial charge < -0.3 is 15.5 Å². The number of aromatic amines is 1. The van der Waals surface area contributed by atoms with Gasteiger partial charge in [-0.2, -0.15) is 0 Å². The Labute approximate surface area is 180 Å². The molecule has 3 aromatic rings. The van der Waals surface area contributed by atoms with E-state index in [9.17, 15) is 14.4 Å². The molecular weight excluding hydrogens is 394 g/mol. The molecule has 1 unspecified atom stereocenters. The molecule has 1 amide bonds. The number of carbonyl (C=O) groups is 1. The summed E-state index contributed by atoms with van der Waals surface area (Å²) in [6.07, 6.45) is 0.842. The largest absolute Gasteiger partial charge is 0.383 e. The maximum atomic E-state index is 12.8. The zero-order chi connectivity index (χ0) is 22.4. The zero-order valence-electron chi connectivity index (χ0n) is 17.8. The fraction of sp³-hybridized carbons (Fsp3) is 0.261. The summed E-state index contributed by atoms with van der Waals surface area (Å²) < 4.78 is 1.27. The van der Waals surface area contributed by atoms with Crippen molar-refractivity contribution in [3.63, 3.8) is 0 Å². The van der Waals surface area contributed by atoms with Gasteiger partial charge in [0.1, 0.15) is 5.82 Å². The number of likely N-dealkylation sites (N-methyl/N-ethyl adjacent to an activating group) is 2. The van der Waals surface area contributed by atoms with Gasteiger partial charge in [-0.05, 0) is 11.1 Å². The first-order chi connectivity index (χ1) is 14.9. The number of quaternary nitrogens is 1. The minimum Gasteiger partial charge on any atom is -0.383 e. The van der Waals surface area contributed by atoms with Crippen LogP contribution in [0.1, 0.15) is 11.1 Å². The standard InChI is InChI=1S/C23H27N5O3/c1-26(14-13-17-9-5-3-6-10-17)16-19(29)27(2)20-21(24)28(23(31)25-22(20)30)15-18-11-7-4-8-12-18/h3-12H,13-16,24H2,1-2H3,(H,25,30,31)/p+1. The lowest BCUT2D eigenvalue weighted by molar-refractivity contribution is -0.870. The van der Waals surface area contributed by atoms with Crippen LogP contribution in [0.15, 0.2) is 70.3 Å². The lowest BCUT2D eigenvalue weighted by atomic mass is 10.1. The minimum atomic E-state index is -0.676. The molecule has 2 aromatic carbocycles. The molecule has 1 heterocycles. The predicted octanol–water partition coefficient (Wildman–Crippen LogP) is -0.113. The number of amides is 1. The van der Waals surface area contributed by atoms with Crippen LogP contribution in [0.2, 0.25) is 0 Å². The normalized spacial score (nSPS) is 11.8. The number of nitrogens with zero attached hydrogens (tertiary/aromatic N) is 2. The van der Waals surface area contributed by atoms with Crippen LogP contribution in [0, 0.1) is 0 Å². The second-order valence-electron chi connectivity index (χ2n) is 7.64. The first-order valence-corrected chi connectivity index (χ1v) is 10.1. The van der Waals surface area contributed by atoms with E-state index < -0.39 is 11.2 Å². The molecule has 0 aliphatic heterocycles. The SMILES string of the molecule is CN(C(=O)C[NH+](C)CCc1ccccc1)c1c(N)n(Cc2ccccc2)c(=O)[nH]c1=O. The Kier molecular flexibility index (Phi) is 7.04. The van der Waals surface area contributed by atoms with Crippen molar-refractivity contribution in [1.29, 1.82) is 0 Å². The number of nitrogens with one attached hydrogen (secondary N) is 2. The van der Waals surface area contributed by atoms with E-state index in [1.165, 1.54) is 22.1 Å². The monoisotopic (exact) mass is 422 g/mol. The summed E-state index contributed by atoms with van der Waals surface area (Å²) in [6, 6.07) is 19.3. The maximum Gasteiger partial charge on any atom is 0.330 e. The molecule has 1 atom stereocenters. The van der Waals surface area contributed by atoms with E-state index in [-0.39, 0.29) is 30.5 Å². The molecule has 0 aliphatic carbocycles. The predicted molar refractivity (Wildman–Crippen MR) is 121 cm³/mol.